The van der Waals surface area contributed by atoms with Crippen molar-refractivity contribution in [2.45, 2.75) is 0 Å². The van der Waals surface area contributed by atoms with Gasteiger partial charge < -0.3 is 18.2 Å². The zero-order valence-electron chi connectivity index (χ0n) is 25.6. The first kappa shape index (κ1) is 26.6. The van der Waals surface area contributed by atoms with Gasteiger partial charge in [-0.05, 0) is 83.9 Å². The summed E-state index contributed by atoms with van der Waals surface area (Å²) in [5.41, 5.74) is 11.0. The molecule has 0 unspecified atom stereocenters. The minimum absolute atomic E-state index is 0.602. The minimum Gasteiger partial charge on any atom is -0.456 e. The molecule has 0 atom stereocenters. The lowest BCUT2D eigenvalue weighted by atomic mass is 10.0. The number of nitrogens with zero attached hydrogens (tertiary/aromatic N) is 2. The van der Waals surface area contributed by atoms with E-state index in [2.05, 4.69) is 102 Å². The van der Waals surface area contributed by atoms with Crippen LogP contribution < -0.4 is 4.90 Å². The minimum atomic E-state index is 0.602. The van der Waals surface area contributed by atoms with Crippen LogP contribution in [-0.4, -0.2) is 4.98 Å². The van der Waals surface area contributed by atoms with Gasteiger partial charge >= 0.3 is 0 Å². The van der Waals surface area contributed by atoms with E-state index in [9.17, 15) is 0 Å². The Morgan fingerprint density at radius 3 is 2.00 bits per heavy atom. The highest BCUT2D eigenvalue weighted by Gasteiger charge is 2.20. The number of furan rings is 2. The van der Waals surface area contributed by atoms with Crippen molar-refractivity contribution in [1.29, 1.82) is 0 Å². The zero-order chi connectivity index (χ0) is 31.6. The van der Waals surface area contributed by atoms with E-state index >= 15 is 0 Å². The molecule has 5 heteroatoms. The molecule has 3 heterocycles. The second-order valence-corrected chi connectivity index (χ2v) is 12.0. The molecule has 0 fully saturated rings. The van der Waals surface area contributed by atoms with Crippen LogP contribution in [0.2, 0.25) is 0 Å². The summed E-state index contributed by atoms with van der Waals surface area (Å²) in [4.78, 5) is 7.01. The number of benzene rings is 7. The van der Waals surface area contributed by atoms with Gasteiger partial charge in [0, 0.05) is 33.1 Å². The summed E-state index contributed by atoms with van der Waals surface area (Å²) < 4.78 is 19.1. The summed E-state index contributed by atoms with van der Waals surface area (Å²) in [5, 5.41) is 4.15. The number of anilines is 3. The standard InChI is InChI=1S/C43H26N2O3/c1-3-10-28(11-4-1)43-44-35-24-25-38-40(42(35)48-43)34-23-20-29(26-39(34)46-38)27-18-21-31(22-19-27)45(30-12-5-2-6-13-30)36-16-9-15-33-32-14-7-8-17-37(32)47-41(33)36/h1-26H. The van der Waals surface area contributed by atoms with Crippen LogP contribution in [0.3, 0.4) is 0 Å². The van der Waals surface area contributed by atoms with E-state index in [4.69, 9.17) is 18.2 Å². The summed E-state index contributed by atoms with van der Waals surface area (Å²) >= 11 is 0. The molecule has 0 radical (unpaired) electrons. The van der Waals surface area contributed by atoms with Crippen molar-refractivity contribution in [3.8, 4) is 22.6 Å². The molecule has 0 saturated heterocycles. The van der Waals surface area contributed by atoms with Crippen molar-refractivity contribution < 1.29 is 13.3 Å². The van der Waals surface area contributed by atoms with E-state index in [0.29, 0.717) is 5.89 Å². The number of hydrogen-bond donors (Lipinski definition) is 0. The van der Waals surface area contributed by atoms with E-state index < -0.39 is 0 Å². The molecule has 7 aromatic carbocycles. The average molecular weight is 619 g/mol. The van der Waals surface area contributed by atoms with Gasteiger partial charge in [0.2, 0.25) is 5.89 Å². The molecule has 0 aliphatic heterocycles. The third-order valence-electron chi connectivity index (χ3n) is 9.11. The summed E-state index contributed by atoms with van der Waals surface area (Å²) in [6.07, 6.45) is 0. The SMILES string of the molecule is c1ccc(-c2nc3ccc4oc5cc(-c6ccc(N(c7ccccc7)c7cccc8c7oc7ccccc78)cc6)ccc5c4c3o2)cc1. The summed E-state index contributed by atoms with van der Waals surface area (Å²) in [7, 11) is 0. The number of oxazole rings is 1. The van der Waals surface area contributed by atoms with E-state index in [-0.39, 0.29) is 0 Å². The summed E-state index contributed by atoms with van der Waals surface area (Å²) in [6, 6.07) is 53.9. The van der Waals surface area contributed by atoms with Gasteiger partial charge in [0.15, 0.2) is 11.2 Å². The molecular formula is C43H26N2O3. The fraction of sp³-hybridized carbons (Fsp3) is 0. The summed E-state index contributed by atoms with van der Waals surface area (Å²) in [5.74, 6) is 0.602. The highest BCUT2D eigenvalue weighted by atomic mass is 16.4. The molecule has 5 nitrogen and oxygen atoms in total. The van der Waals surface area contributed by atoms with Gasteiger partial charge in [0.25, 0.3) is 0 Å². The van der Waals surface area contributed by atoms with E-state index in [1.54, 1.807) is 0 Å². The Balaban J connectivity index is 1.06. The van der Waals surface area contributed by atoms with Gasteiger partial charge in [-0.3, -0.25) is 0 Å². The zero-order valence-corrected chi connectivity index (χ0v) is 25.6. The van der Waals surface area contributed by atoms with E-state index in [0.717, 1.165) is 88.7 Å². The number of fused-ring (bicyclic) bond motifs is 8. The lowest BCUT2D eigenvalue weighted by molar-refractivity contribution is 0.622. The van der Waals surface area contributed by atoms with Crippen molar-refractivity contribution in [3.63, 3.8) is 0 Å². The second kappa shape index (κ2) is 10.5. The highest BCUT2D eigenvalue weighted by molar-refractivity contribution is 6.17. The Morgan fingerprint density at radius 1 is 0.417 bits per heavy atom. The van der Waals surface area contributed by atoms with Gasteiger partial charge in [-0.1, -0.05) is 84.9 Å². The molecule has 0 bridgehead atoms. The topological polar surface area (TPSA) is 55.6 Å². The Bertz CT molecular complexity index is 2770. The lowest BCUT2D eigenvalue weighted by Gasteiger charge is -2.25. The quantitative estimate of drug-likeness (QED) is 0.192. The molecule has 10 rings (SSSR count). The van der Waals surface area contributed by atoms with Gasteiger partial charge in [-0.25, -0.2) is 4.98 Å². The molecule has 0 amide bonds. The maximum Gasteiger partial charge on any atom is 0.227 e. The smallest absolute Gasteiger partial charge is 0.227 e. The first-order valence-electron chi connectivity index (χ1n) is 16.0. The van der Waals surface area contributed by atoms with E-state index in [1.165, 1.54) is 0 Å². The first-order chi connectivity index (χ1) is 23.8. The Hall–Kier alpha value is -6.59. The molecule has 3 aromatic heterocycles. The largest absolute Gasteiger partial charge is 0.456 e. The van der Waals surface area contributed by atoms with Crippen LogP contribution in [0.25, 0.3) is 77.6 Å². The van der Waals surface area contributed by atoms with Crippen LogP contribution in [0.1, 0.15) is 0 Å². The average Bonchev–Trinajstić information content (AvgIpc) is 3.86. The fourth-order valence-electron chi connectivity index (χ4n) is 6.85. The molecule has 0 saturated carbocycles. The van der Waals surface area contributed by atoms with Crippen molar-refractivity contribution in [3.05, 3.63) is 158 Å². The van der Waals surface area contributed by atoms with Crippen molar-refractivity contribution in [2.75, 3.05) is 4.90 Å². The lowest BCUT2D eigenvalue weighted by Crippen LogP contribution is -2.10. The van der Waals surface area contributed by atoms with Crippen LogP contribution >= 0.6 is 0 Å². The second-order valence-electron chi connectivity index (χ2n) is 12.0. The van der Waals surface area contributed by atoms with Crippen molar-refractivity contribution in [1.82, 2.24) is 4.98 Å². The molecule has 0 aliphatic rings. The third kappa shape index (κ3) is 4.15. The first-order valence-corrected chi connectivity index (χ1v) is 16.0. The Morgan fingerprint density at radius 2 is 1.15 bits per heavy atom. The van der Waals surface area contributed by atoms with Crippen molar-refractivity contribution >= 4 is 72.0 Å². The molecule has 10 aromatic rings. The predicted octanol–water partition coefficient (Wildman–Crippen LogP) is 12.4. The Kier molecular flexibility index (Phi) is 5.81. The van der Waals surface area contributed by atoms with Crippen LogP contribution in [0.5, 0.6) is 0 Å². The predicted molar refractivity (Wildman–Crippen MR) is 194 cm³/mol. The third-order valence-corrected chi connectivity index (χ3v) is 9.11. The van der Waals surface area contributed by atoms with Gasteiger partial charge in [0.1, 0.15) is 22.3 Å². The normalized spacial score (nSPS) is 11.8. The molecule has 48 heavy (non-hydrogen) atoms. The van der Waals surface area contributed by atoms with E-state index in [1.807, 2.05) is 60.7 Å². The maximum absolute atomic E-state index is 6.45. The molecule has 0 aliphatic carbocycles. The number of rotatable bonds is 5. The number of para-hydroxylation sites is 3. The fourth-order valence-corrected chi connectivity index (χ4v) is 6.85. The molecule has 0 spiro atoms. The van der Waals surface area contributed by atoms with Gasteiger partial charge in [-0.2, -0.15) is 0 Å². The molecule has 226 valence electrons. The number of hydrogen-bond acceptors (Lipinski definition) is 5. The van der Waals surface area contributed by atoms with Crippen LogP contribution in [0.4, 0.5) is 17.1 Å². The molecule has 0 N–H and O–H groups in total. The van der Waals surface area contributed by atoms with Crippen LogP contribution in [-0.2, 0) is 0 Å². The highest BCUT2D eigenvalue weighted by Crippen LogP contribution is 2.43. The van der Waals surface area contributed by atoms with Gasteiger partial charge in [0.05, 0.1) is 11.1 Å². The van der Waals surface area contributed by atoms with Gasteiger partial charge in [-0.15, -0.1) is 0 Å². The Labute approximate surface area is 274 Å². The van der Waals surface area contributed by atoms with Crippen molar-refractivity contribution in [2.24, 2.45) is 0 Å². The summed E-state index contributed by atoms with van der Waals surface area (Å²) in [6.45, 7) is 0. The number of aromatic nitrogens is 1. The monoisotopic (exact) mass is 618 g/mol. The van der Waals surface area contributed by atoms with Crippen LogP contribution in [0, 0.1) is 0 Å². The van der Waals surface area contributed by atoms with Crippen LogP contribution in [0.15, 0.2) is 171 Å². The maximum atomic E-state index is 6.45. The molecular weight excluding hydrogens is 592 g/mol.